The van der Waals surface area contributed by atoms with Crippen molar-refractivity contribution in [2.24, 2.45) is 0 Å². The Bertz CT molecular complexity index is 67.3. The highest BCUT2D eigenvalue weighted by atomic mass is 16.5. The Morgan fingerprint density at radius 2 is 1.50 bits per heavy atom. The fourth-order valence-corrected chi connectivity index (χ4v) is 1.22. The second kappa shape index (κ2) is 7.53. The van der Waals surface area contributed by atoms with Crippen LogP contribution in [0.4, 0.5) is 0 Å². The van der Waals surface area contributed by atoms with Gasteiger partial charge in [-0.1, -0.05) is 12.8 Å². The average molecular weight is 173 g/mol. The van der Waals surface area contributed by atoms with Crippen molar-refractivity contribution < 1.29 is 9.47 Å². The van der Waals surface area contributed by atoms with Crippen LogP contribution in [0.5, 0.6) is 0 Å². The van der Waals surface area contributed by atoms with Gasteiger partial charge in [-0.05, 0) is 12.8 Å². The predicted octanol–water partition coefficient (Wildman–Crippen LogP) is 1.14. The summed E-state index contributed by atoms with van der Waals surface area (Å²) in [6.45, 7) is 4.67. The molecule has 2 rings (SSSR count). The Kier molecular flexibility index (Phi) is 6.25. The fourth-order valence-electron chi connectivity index (χ4n) is 1.22. The maximum Gasteiger partial charge on any atom is 0.0966 e. The molecule has 2 aliphatic heterocycles. The lowest BCUT2D eigenvalue weighted by atomic mass is 10.2. The zero-order valence-electron chi connectivity index (χ0n) is 7.68. The zero-order valence-corrected chi connectivity index (χ0v) is 7.68. The van der Waals surface area contributed by atoms with Crippen LogP contribution in [0.25, 0.3) is 0 Å². The second-order valence-electron chi connectivity index (χ2n) is 3.08. The molecule has 2 fully saturated rings. The van der Waals surface area contributed by atoms with Crippen LogP contribution in [0.3, 0.4) is 0 Å². The third kappa shape index (κ3) is 5.52. The molecule has 0 atom stereocenters. The second-order valence-corrected chi connectivity index (χ2v) is 3.08. The molecule has 0 spiro atoms. The van der Waals surface area contributed by atoms with E-state index >= 15 is 0 Å². The highest BCUT2D eigenvalue weighted by Gasteiger charge is 1.95. The van der Waals surface area contributed by atoms with Crippen molar-refractivity contribution in [2.75, 3.05) is 33.1 Å². The zero-order chi connectivity index (χ0) is 8.49. The lowest BCUT2D eigenvalue weighted by Crippen LogP contribution is -2.05. The summed E-state index contributed by atoms with van der Waals surface area (Å²) in [4.78, 5) is 0. The van der Waals surface area contributed by atoms with Crippen molar-refractivity contribution in [1.82, 2.24) is 5.32 Å². The van der Waals surface area contributed by atoms with E-state index in [0.29, 0.717) is 0 Å². The smallest absolute Gasteiger partial charge is 0.0966 e. The molecule has 12 heavy (non-hydrogen) atoms. The van der Waals surface area contributed by atoms with Gasteiger partial charge < -0.3 is 9.47 Å². The molecule has 0 bridgehead atoms. The molecule has 0 aromatic heterocycles. The number of hydrogen-bond acceptors (Lipinski definition) is 3. The third-order valence-corrected chi connectivity index (χ3v) is 1.95. The van der Waals surface area contributed by atoms with Crippen LogP contribution in [-0.4, -0.2) is 33.1 Å². The quantitative estimate of drug-likeness (QED) is 0.596. The lowest BCUT2D eigenvalue weighted by molar-refractivity contribution is 0.144. The first kappa shape index (κ1) is 9.96. The van der Waals surface area contributed by atoms with Gasteiger partial charge in [-0.25, -0.2) is 0 Å². The van der Waals surface area contributed by atoms with E-state index in [1.165, 1.54) is 25.7 Å². The summed E-state index contributed by atoms with van der Waals surface area (Å²) in [5, 5.41) is 3.00. The van der Waals surface area contributed by atoms with Gasteiger partial charge in [-0.3, -0.25) is 5.32 Å². The van der Waals surface area contributed by atoms with Crippen molar-refractivity contribution in [1.29, 1.82) is 0 Å². The van der Waals surface area contributed by atoms with Crippen LogP contribution in [0.2, 0.25) is 0 Å². The van der Waals surface area contributed by atoms with Gasteiger partial charge in [0, 0.05) is 19.8 Å². The maximum atomic E-state index is 5.19. The average Bonchev–Trinajstić information content (AvgIpc) is 2.54. The van der Waals surface area contributed by atoms with Gasteiger partial charge >= 0.3 is 0 Å². The molecule has 0 amide bonds. The molecule has 3 heteroatoms. The van der Waals surface area contributed by atoms with E-state index in [0.717, 1.165) is 33.1 Å². The van der Waals surface area contributed by atoms with E-state index in [4.69, 9.17) is 9.47 Å². The van der Waals surface area contributed by atoms with Gasteiger partial charge in [0.15, 0.2) is 0 Å². The van der Waals surface area contributed by atoms with Crippen LogP contribution >= 0.6 is 0 Å². The first-order valence-electron chi connectivity index (χ1n) is 4.86. The molecule has 0 radical (unpaired) electrons. The minimum atomic E-state index is 0.750. The number of nitrogens with one attached hydrogen (secondary N) is 1. The number of rotatable bonds is 0. The maximum absolute atomic E-state index is 5.19. The molecule has 0 aliphatic carbocycles. The van der Waals surface area contributed by atoms with Crippen LogP contribution < -0.4 is 5.32 Å². The van der Waals surface area contributed by atoms with E-state index in [1.54, 1.807) is 0 Å². The molecule has 2 aliphatic rings. The van der Waals surface area contributed by atoms with Crippen molar-refractivity contribution in [3.63, 3.8) is 0 Å². The minimum Gasteiger partial charge on any atom is -0.381 e. The first-order valence-corrected chi connectivity index (χ1v) is 4.86. The van der Waals surface area contributed by atoms with E-state index < -0.39 is 0 Å². The molecular formula is C9H19NO2. The number of ether oxygens (including phenoxy) is 2. The Morgan fingerprint density at radius 3 is 1.92 bits per heavy atom. The molecule has 0 aromatic rings. The van der Waals surface area contributed by atoms with Crippen LogP contribution in [-0.2, 0) is 9.47 Å². The van der Waals surface area contributed by atoms with Crippen LogP contribution in [0.15, 0.2) is 0 Å². The summed E-state index contributed by atoms with van der Waals surface area (Å²) >= 11 is 0. The molecule has 0 saturated carbocycles. The summed E-state index contributed by atoms with van der Waals surface area (Å²) in [5.41, 5.74) is 0. The van der Waals surface area contributed by atoms with Crippen LogP contribution in [0, 0.1) is 0 Å². The van der Waals surface area contributed by atoms with Gasteiger partial charge in [0.1, 0.15) is 0 Å². The normalized spacial score (nSPS) is 24.0. The fraction of sp³-hybridized carbons (Fsp3) is 1.00. The molecule has 72 valence electrons. The number of hydrogen-bond donors (Lipinski definition) is 1. The van der Waals surface area contributed by atoms with Crippen molar-refractivity contribution in [2.45, 2.75) is 25.7 Å². The van der Waals surface area contributed by atoms with Crippen LogP contribution in [0.1, 0.15) is 25.7 Å². The largest absolute Gasteiger partial charge is 0.381 e. The summed E-state index contributed by atoms with van der Waals surface area (Å²) in [5.74, 6) is 0. The molecule has 3 nitrogen and oxygen atoms in total. The summed E-state index contributed by atoms with van der Waals surface area (Å²) in [6, 6.07) is 0. The molecule has 0 aromatic carbocycles. The van der Waals surface area contributed by atoms with Gasteiger partial charge in [0.05, 0.1) is 13.3 Å². The molecule has 2 saturated heterocycles. The Labute approximate surface area is 74.4 Å². The van der Waals surface area contributed by atoms with E-state index in [9.17, 15) is 0 Å². The van der Waals surface area contributed by atoms with Gasteiger partial charge in [-0.2, -0.15) is 0 Å². The third-order valence-electron chi connectivity index (χ3n) is 1.95. The highest BCUT2D eigenvalue weighted by molar-refractivity contribution is 4.46. The standard InChI is InChI=1S/C6H12O.C3H7NO/c1-2-4-6-7-5-3-1;1-2-5-3-4-1/h1-6H2;4H,1-3H2. The van der Waals surface area contributed by atoms with Gasteiger partial charge in [0.2, 0.25) is 0 Å². The first-order chi connectivity index (χ1) is 6.00. The minimum absolute atomic E-state index is 0.750. The molecular weight excluding hydrogens is 154 g/mol. The predicted molar refractivity (Wildman–Crippen MR) is 48.1 cm³/mol. The molecule has 1 N–H and O–H groups in total. The van der Waals surface area contributed by atoms with Gasteiger partial charge in [0.25, 0.3) is 0 Å². The Morgan fingerprint density at radius 1 is 0.750 bits per heavy atom. The molecule has 0 unspecified atom stereocenters. The monoisotopic (exact) mass is 173 g/mol. The summed E-state index contributed by atoms with van der Waals surface area (Å²) < 4.78 is 10.0. The highest BCUT2D eigenvalue weighted by Crippen LogP contribution is 2.04. The summed E-state index contributed by atoms with van der Waals surface area (Å²) in [6.07, 6.45) is 5.31. The van der Waals surface area contributed by atoms with E-state index in [1.807, 2.05) is 0 Å². The summed E-state index contributed by atoms with van der Waals surface area (Å²) in [7, 11) is 0. The Balaban J connectivity index is 0.000000127. The SMILES string of the molecule is C1CCCOCC1.C1COCN1. The Hall–Kier alpha value is -0.120. The van der Waals surface area contributed by atoms with E-state index in [2.05, 4.69) is 5.32 Å². The van der Waals surface area contributed by atoms with E-state index in [-0.39, 0.29) is 0 Å². The van der Waals surface area contributed by atoms with Crippen molar-refractivity contribution in [3.8, 4) is 0 Å². The van der Waals surface area contributed by atoms with Gasteiger partial charge in [-0.15, -0.1) is 0 Å². The lowest BCUT2D eigenvalue weighted by Gasteiger charge is -1.91. The molecule has 2 heterocycles. The topological polar surface area (TPSA) is 30.5 Å². The van der Waals surface area contributed by atoms with Crippen molar-refractivity contribution >= 4 is 0 Å². The van der Waals surface area contributed by atoms with Crippen molar-refractivity contribution in [3.05, 3.63) is 0 Å².